The minimum Gasteiger partial charge on any atom is -0.373 e. The van der Waals surface area contributed by atoms with Crippen LogP contribution in [-0.4, -0.2) is 58.9 Å². The number of fused-ring (bicyclic) bond motifs is 3. The Hall–Kier alpha value is -2.62. The van der Waals surface area contributed by atoms with E-state index >= 15 is 0 Å². The van der Waals surface area contributed by atoms with Crippen LogP contribution < -0.4 is 16.4 Å². The first-order chi connectivity index (χ1) is 14.4. The van der Waals surface area contributed by atoms with Gasteiger partial charge in [0.25, 0.3) is 11.8 Å². The Morgan fingerprint density at radius 2 is 1.93 bits per heavy atom. The van der Waals surface area contributed by atoms with Gasteiger partial charge in [0, 0.05) is 31.7 Å². The summed E-state index contributed by atoms with van der Waals surface area (Å²) in [5.41, 5.74) is 7.15. The largest absolute Gasteiger partial charge is 0.373 e. The Morgan fingerprint density at radius 1 is 1.17 bits per heavy atom. The lowest BCUT2D eigenvalue weighted by Crippen LogP contribution is -2.71. The second-order valence-electron chi connectivity index (χ2n) is 8.80. The fourth-order valence-corrected chi connectivity index (χ4v) is 5.26. The molecule has 9 heteroatoms. The van der Waals surface area contributed by atoms with Gasteiger partial charge in [0.1, 0.15) is 6.04 Å². The lowest BCUT2D eigenvalue weighted by molar-refractivity contribution is -0.192. The van der Waals surface area contributed by atoms with Crippen LogP contribution in [0.5, 0.6) is 0 Å². The molecule has 4 amide bonds. The Kier molecular flexibility index (Phi) is 4.32. The summed E-state index contributed by atoms with van der Waals surface area (Å²) in [5.74, 6) is -1.96. The Bertz CT molecular complexity index is 968. The molecule has 0 radical (unpaired) electrons. The summed E-state index contributed by atoms with van der Waals surface area (Å²) in [5, 5.41) is 5.80. The van der Waals surface area contributed by atoms with Gasteiger partial charge >= 0.3 is 0 Å². The van der Waals surface area contributed by atoms with Gasteiger partial charge in [-0.25, -0.2) is 0 Å². The van der Waals surface area contributed by atoms with Gasteiger partial charge in [-0.1, -0.05) is 6.07 Å². The number of piperidine rings is 1. The lowest BCUT2D eigenvalue weighted by atomic mass is 9.61. The van der Waals surface area contributed by atoms with Crippen molar-refractivity contribution in [2.75, 3.05) is 13.2 Å². The molecular formula is C21H24N4O5. The number of nitrogens with two attached hydrogens (primary N) is 1. The van der Waals surface area contributed by atoms with Gasteiger partial charge in [-0.15, -0.1) is 0 Å². The van der Waals surface area contributed by atoms with E-state index < -0.39 is 23.8 Å². The van der Waals surface area contributed by atoms with Crippen molar-refractivity contribution in [3.63, 3.8) is 0 Å². The Balaban J connectivity index is 1.31. The summed E-state index contributed by atoms with van der Waals surface area (Å²) in [6, 6.07) is 4.25. The Labute approximate surface area is 173 Å². The molecule has 6 rings (SSSR count). The molecule has 1 aromatic rings. The van der Waals surface area contributed by atoms with Gasteiger partial charge < -0.3 is 15.8 Å². The second-order valence-corrected chi connectivity index (χ2v) is 8.80. The standard InChI is InChI=1S/C21H24N4O5/c22-11-21-9-20(10-21,5-6-30-21)23-8-12-1-2-13-14(7-12)19(29)25(18(13)28)15-3-4-16(26)24-17(15)27/h1-2,7,15,23H,3-6,8-11,22H2,(H,24,26,27). The first kappa shape index (κ1) is 19.3. The van der Waals surface area contributed by atoms with Crippen molar-refractivity contribution in [1.29, 1.82) is 0 Å². The highest BCUT2D eigenvalue weighted by atomic mass is 16.5. The molecule has 1 saturated carbocycles. The summed E-state index contributed by atoms with van der Waals surface area (Å²) in [6.07, 6.45) is 2.93. The van der Waals surface area contributed by atoms with Crippen LogP contribution in [-0.2, 0) is 20.9 Å². The maximum atomic E-state index is 12.9. The first-order valence-electron chi connectivity index (χ1n) is 10.3. The zero-order valence-corrected chi connectivity index (χ0v) is 16.5. The van der Waals surface area contributed by atoms with Crippen molar-refractivity contribution in [2.45, 2.75) is 55.8 Å². The maximum absolute atomic E-state index is 12.9. The molecule has 1 atom stereocenters. The molecule has 2 bridgehead atoms. The van der Waals surface area contributed by atoms with E-state index in [9.17, 15) is 19.2 Å². The molecule has 5 aliphatic rings. The van der Waals surface area contributed by atoms with Crippen LogP contribution in [0.3, 0.4) is 0 Å². The van der Waals surface area contributed by atoms with Gasteiger partial charge in [0.2, 0.25) is 11.8 Å². The number of benzene rings is 1. The van der Waals surface area contributed by atoms with E-state index in [2.05, 4.69) is 10.6 Å². The molecule has 4 aliphatic heterocycles. The van der Waals surface area contributed by atoms with Crippen molar-refractivity contribution in [2.24, 2.45) is 5.73 Å². The predicted molar refractivity (Wildman–Crippen MR) is 104 cm³/mol. The van der Waals surface area contributed by atoms with Crippen molar-refractivity contribution < 1.29 is 23.9 Å². The van der Waals surface area contributed by atoms with Gasteiger partial charge in [-0.2, -0.15) is 0 Å². The fourth-order valence-electron chi connectivity index (χ4n) is 5.26. The van der Waals surface area contributed by atoms with Crippen LogP contribution in [0.15, 0.2) is 18.2 Å². The molecule has 1 aromatic carbocycles. The van der Waals surface area contributed by atoms with Crippen molar-refractivity contribution in [3.8, 4) is 0 Å². The summed E-state index contributed by atoms with van der Waals surface area (Å²) in [6.45, 7) is 1.76. The molecule has 1 unspecified atom stereocenters. The summed E-state index contributed by atoms with van der Waals surface area (Å²) in [4.78, 5) is 50.2. The molecule has 30 heavy (non-hydrogen) atoms. The molecular weight excluding hydrogens is 388 g/mol. The minimum absolute atomic E-state index is 0.00915. The first-order valence-corrected chi connectivity index (χ1v) is 10.3. The van der Waals surface area contributed by atoms with Gasteiger partial charge in [0.05, 0.1) is 16.7 Å². The molecule has 0 spiro atoms. The lowest BCUT2D eigenvalue weighted by Gasteiger charge is -2.60. The SMILES string of the molecule is NCC12CC(NCc3ccc4c(c3)C(=O)N(C3CCC(=O)NC3=O)C4=O)(CCO1)C2. The molecule has 4 N–H and O–H groups in total. The highest BCUT2D eigenvalue weighted by Crippen LogP contribution is 2.49. The summed E-state index contributed by atoms with van der Waals surface area (Å²) >= 11 is 0. The maximum Gasteiger partial charge on any atom is 0.262 e. The normalized spacial score (nSPS) is 32.7. The van der Waals surface area contributed by atoms with Crippen LogP contribution in [0.25, 0.3) is 0 Å². The molecule has 9 nitrogen and oxygen atoms in total. The van der Waals surface area contributed by atoms with Crippen LogP contribution in [0.2, 0.25) is 0 Å². The molecule has 1 aliphatic carbocycles. The number of carbonyl (C=O) groups excluding carboxylic acids is 4. The average molecular weight is 412 g/mol. The molecule has 4 heterocycles. The third kappa shape index (κ3) is 2.88. The number of hydrogen-bond acceptors (Lipinski definition) is 7. The molecule has 4 fully saturated rings. The zero-order valence-electron chi connectivity index (χ0n) is 16.5. The van der Waals surface area contributed by atoms with Crippen LogP contribution in [0, 0.1) is 0 Å². The van der Waals surface area contributed by atoms with E-state index in [4.69, 9.17) is 10.5 Å². The van der Waals surface area contributed by atoms with E-state index in [1.54, 1.807) is 12.1 Å². The number of carbonyl (C=O) groups is 4. The van der Waals surface area contributed by atoms with E-state index in [1.807, 2.05) is 6.07 Å². The third-order valence-corrected chi connectivity index (χ3v) is 6.85. The number of amides is 4. The molecule has 0 aromatic heterocycles. The highest BCUT2D eigenvalue weighted by molar-refractivity contribution is 6.23. The summed E-state index contributed by atoms with van der Waals surface area (Å²) in [7, 11) is 0. The van der Waals surface area contributed by atoms with Gasteiger partial charge in [-0.3, -0.25) is 29.4 Å². The number of imide groups is 2. The second kappa shape index (κ2) is 6.69. The monoisotopic (exact) mass is 412 g/mol. The number of nitrogens with zero attached hydrogens (tertiary/aromatic N) is 1. The number of nitrogens with one attached hydrogen (secondary N) is 2. The molecule has 3 saturated heterocycles. The fraction of sp³-hybridized carbons (Fsp3) is 0.524. The minimum atomic E-state index is -0.947. The van der Waals surface area contributed by atoms with Crippen LogP contribution in [0.4, 0.5) is 0 Å². The van der Waals surface area contributed by atoms with E-state index in [0.717, 1.165) is 29.7 Å². The highest BCUT2D eigenvalue weighted by Gasteiger charge is 2.57. The van der Waals surface area contributed by atoms with Crippen LogP contribution in [0.1, 0.15) is 58.4 Å². The quantitative estimate of drug-likeness (QED) is 0.572. The Morgan fingerprint density at radius 3 is 2.67 bits per heavy atom. The van der Waals surface area contributed by atoms with Gasteiger partial charge in [0.15, 0.2) is 0 Å². The van der Waals surface area contributed by atoms with Crippen molar-refractivity contribution in [3.05, 3.63) is 34.9 Å². The smallest absolute Gasteiger partial charge is 0.262 e. The van der Waals surface area contributed by atoms with Crippen molar-refractivity contribution in [1.82, 2.24) is 15.5 Å². The average Bonchev–Trinajstić information content (AvgIpc) is 2.96. The predicted octanol–water partition coefficient (Wildman–Crippen LogP) is -0.172. The topological polar surface area (TPSA) is 131 Å². The zero-order chi connectivity index (χ0) is 21.1. The third-order valence-electron chi connectivity index (χ3n) is 6.85. The van der Waals surface area contributed by atoms with Crippen molar-refractivity contribution >= 4 is 23.6 Å². The van der Waals surface area contributed by atoms with E-state index in [0.29, 0.717) is 30.8 Å². The summed E-state index contributed by atoms with van der Waals surface area (Å²) < 4.78 is 5.82. The van der Waals surface area contributed by atoms with E-state index in [1.165, 1.54) is 0 Å². The molecule has 158 valence electrons. The van der Waals surface area contributed by atoms with Crippen LogP contribution >= 0.6 is 0 Å². The van der Waals surface area contributed by atoms with E-state index in [-0.39, 0.29) is 29.9 Å². The number of ether oxygens (including phenoxy) is 1. The number of hydrogen-bond donors (Lipinski definition) is 3. The van der Waals surface area contributed by atoms with Gasteiger partial charge in [-0.05, 0) is 43.4 Å². The number of rotatable bonds is 5.